The van der Waals surface area contributed by atoms with Gasteiger partial charge in [-0.2, -0.15) is 9.61 Å². The number of rotatable bonds is 5. The lowest BCUT2D eigenvalue weighted by atomic mass is 10.1. The van der Waals surface area contributed by atoms with Gasteiger partial charge in [-0.05, 0) is 56.2 Å². The molecule has 4 rings (SSSR count). The summed E-state index contributed by atoms with van der Waals surface area (Å²) >= 11 is 6.30. The summed E-state index contributed by atoms with van der Waals surface area (Å²) in [6.07, 6.45) is 0. The van der Waals surface area contributed by atoms with Gasteiger partial charge in [-0.1, -0.05) is 23.7 Å². The molecule has 0 spiro atoms. The van der Waals surface area contributed by atoms with Gasteiger partial charge in [0.15, 0.2) is 17.1 Å². The first-order valence-electron chi connectivity index (χ1n) is 9.54. The first-order chi connectivity index (χ1) is 14.4. The van der Waals surface area contributed by atoms with Crippen LogP contribution >= 0.6 is 11.6 Å². The number of anilines is 2. The predicted octanol–water partition coefficient (Wildman–Crippen LogP) is 5.74. The monoisotopic (exact) mass is 422 g/mol. The van der Waals surface area contributed by atoms with Crippen LogP contribution < -0.4 is 14.8 Å². The molecule has 0 bridgehead atoms. The zero-order valence-electron chi connectivity index (χ0n) is 17.6. The highest BCUT2D eigenvalue weighted by molar-refractivity contribution is 6.31. The summed E-state index contributed by atoms with van der Waals surface area (Å²) in [6.45, 7) is 5.92. The lowest BCUT2D eigenvalue weighted by Gasteiger charge is -2.11. The smallest absolute Gasteiger partial charge is 0.165 e. The van der Waals surface area contributed by atoms with Gasteiger partial charge in [0.25, 0.3) is 0 Å². The molecule has 0 saturated heterocycles. The van der Waals surface area contributed by atoms with Gasteiger partial charge in [-0.15, -0.1) is 0 Å². The van der Waals surface area contributed by atoms with Crippen molar-refractivity contribution in [1.29, 1.82) is 0 Å². The average Bonchev–Trinajstić information content (AvgIpc) is 3.06. The van der Waals surface area contributed by atoms with Crippen LogP contribution in [0.1, 0.15) is 17.0 Å². The van der Waals surface area contributed by atoms with Crippen molar-refractivity contribution >= 4 is 28.8 Å². The lowest BCUT2D eigenvalue weighted by Crippen LogP contribution is -2.02. The van der Waals surface area contributed by atoms with Crippen molar-refractivity contribution in [2.45, 2.75) is 20.8 Å². The van der Waals surface area contributed by atoms with Crippen LogP contribution in [0.3, 0.4) is 0 Å². The Morgan fingerprint density at radius 2 is 1.70 bits per heavy atom. The van der Waals surface area contributed by atoms with Crippen molar-refractivity contribution in [2.24, 2.45) is 0 Å². The minimum Gasteiger partial charge on any atom is -0.493 e. The third-order valence-corrected chi connectivity index (χ3v) is 5.42. The molecular weight excluding hydrogens is 400 g/mol. The molecule has 0 radical (unpaired) electrons. The van der Waals surface area contributed by atoms with Crippen LogP contribution in [-0.4, -0.2) is 28.8 Å². The molecule has 0 unspecified atom stereocenters. The average molecular weight is 423 g/mol. The summed E-state index contributed by atoms with van der Waals surface area (Å²) < 4.78 is 12.7. The van der Waals surface area contributed by atoms with Crippen LogP contribution in [-0.2, 0) is 0 Å². The summed E-state index contributed by atoms with van der Waals surface area (Å²) in [5.74, 6) is 2.15. The van der Waals surface area contributed by atoms with Crippen LogP contribution in [0.25, 0.3) is 16.8 Å². The van der Waals surface area contributed by atoms with Gasteiger partial charge in [-0.3, -0.25) is 0 Å². The van der Waals surface area contributed by atoms with Crippen LogP contribution in [0.15, 0.2) is 42.5 Å². The highest BCUT2D eigenvalue weighted by Crippen LogP contribution is 2.36. The Morgan fingerprint density at radius 1 is 0.933 bits per heavy atom. The number of halogens is 1. The van der Waals surface area contributed by atoms with Gasteiger partial charge in [0.2, 0.25) is 0 Å². The topological polar surface area (TPSA) is 60.7 Å². The Kier molecular flexibility index (Phi) is 5.26. The van der Waals surface area contributed by atoms with Crippen molar-refractivity contribution in [3.8, 4) is 22.6 Å². The third kappa shape index (κ3) is 3.55. The molecule has 0 aliphatic rings. The Labute approximate surface area is 180 Å². The van der Waals surface area contributed by atoms with Gasteiger partial charge in [0, 0.05) is 28.0 Å². The SMILES string of the molecule is COc1ccc(-c2c(C)nn3c(Nc4ccc(C)c(Cl)c4)cc(C)nc23)cc1OC. The van der Waals surface area contributed by atoms with E-state index in [2.05, 4.69) is 5.32 Å². The van der Waals surface area contributed by atoms with Crippen LogP contribution in [0.4, 0.5) is 11.5 Å². The molecule has 2 heterocycles. The molecule has 0 amide bonds. The molecule has 6 nitrogen and oxygen atoms in total. The van der Waals surface area contributed by atoms with Gasteiger partial charge in [-0.25, -0.2) is 4.98 Å². The number of aromatic nitrogens is 3. The van der Waals surface area contributed by atoms with Crippen molar-refractivity contribution in [3.05, 3.63) is 64.4 Å². The normalized spacial score (nSPS) is 11.0. The number of hydrogen-bond acceptors (Lipinski definition) is 5. The number of aryl methyl sites for hydroxylation is 3. The fourth-order valence-electron chi connectivity index (χ4n) is 3.48. The van der Waals surface area contributed by atoms with Crippen molar-refractivity contribution in [1.82, 2.24) is 14.6 Å². The minimum atomic E-state index is 0.661. The maximum Gasteiger partial charge on any atom is 0.165 e. The van der Waals surface area contributed by atoms with Crippen molar-refractivity contribution < 1.29 is 9.47 Å². The molecule has 0 aliphatic heterocycles. The van der Waals surface area contributed by atoms with E-state index in [1.54, 1.807) is 14.2 Å². The fraction of sp³-hybridized carbons (Fsp3) is 0.217. The second-order valence-electron chi connectivity index (χ2n) is 7.14. The molecule has 2 aromatic carbocycles. The maximum absolute atomic E-state index is 6.30. The molecule has 7 heteroatoms. The van der Waals surface area contributed by atoms with E-state index in [9.17, 15) is 0 Å². The quantitative estimate of drug-likeness (QED) is 0.444. The summed E-state index contributed by atoms with van der Waals surface area (Å²) in [6, 6.07) is 13.7. The zero-order chi connectivity index (χ0) is 21.4. The van der Waals surface area contributed by atoms with E-state index in [-0.39, 0.29) is 0 Å². The molecule has 0 saturated carbocycles. The van der Waals surface area contributed by atoms with Crippen LogP contribution in [0.2, 0.25) is 5.02 Å². The highest BCUT2D eigenvalue weighted by Gasteiger charge is 2.18. The third-order valence-electron chi connectivity index (χ3n) is 5.01. The Morgan fingerprint density at radius 3 is 2.40 bits per heavy atom. The maximum atomic E-state index is 6.30. The van der Waals surface area contributed by atoms with Crippen LogP contribution in [0, 0.1) is 20.8 Å². The standard InChI is InChI=1S/C23H23ClN4O2/c1-13-6-8-17(12-18(13)24)26-21-10-14(2)25-23-22(15(3)27-28(21)23)16-7-9-19(29-4)20(11-16)30-5/h6-12,26H,1-5H3. The van der Waals surface area contributed by atoms with Gasteiger partial charge >= 0.3 is 0 Å². The second-order valence-corrected chi connectivity index (χ2v) is 7.54. The molecule has 0 fully saturated rings. The predicted molar refractivity (Wildman–Crippen MR) is 120 cm³/mol. The molecule has 0 aliphatic carbocycles. The van der Waals surface area contributed by atoms with Gasteiger partial charge < -0.3 is 14.8 Å². The first kappa shape index (κ1) is 20.0. The Balaban J connectivity index is 1.86. The van der Waals surface area contributed by atoms with E-state index in [0.717, 1.165) is 45.2 Å². The first-order valence-corrected chi connectivity index (χ1v) is 9.91. The highest BCUT2D eigenvalue weighted by atomic mass is 35.5. The number of nitrogens with one attached hydrogen (secondary N) is 1. The lowest BCUT2D eigenvalue weighted by molar-refractivity contribution is 0.355. The zero-order valence-corrected chi connectivity index (χ0v) is 18.3. The molecule has 1 N–H and O–H groups in total. The number of methoxy groups -OCH3 is 2. The molecule has 0 atom stereocenters. The largest absolute Gasteiger partial charge is 0.493 e. The number of benzene rings is 2. The minimum absolute atomic E-state index is 0.661. The second kappa shape index (κ2) is 7.88. The number of hydrogen-bond donors (Lipinski definition) is 1. The van der Waals surface area contributed by atoms with E-state index < -0.39 is 0 Å². The Hall–Kier alpha value is -3.25. The van der Waals surface area contributed by atoms with E-state index in [4.69, 9.17) is 31.2 Å². The number of ether oxygens (including phenoxy) is 2. The number of fused-ring (bicyclic) bond motifs is 1. The van der Waals surface area contributed by atoms with E-state index in [1.165, 1.54) is 0 Å². The van der Waals surface area contributed by atoms with E-state index in [0.29, 0.717) is 16.5 Å². The van der Waals surface area contributed by atoms with Crippen LogP contribution in [0.5, 0.6) is 11.5 Å². The number of nitrogens with zero attached hydrogens (tertiary/aromatic N) is 3. The van der Waals surface area contributed by atoms with E-state index >= 15 is 0 Å². The van der Waals surface area contributed by atoms with Gasteiger partial charge in [0.1, 0.15) is 5.82 Å². The van der Waals surface area contributed by atoms with Gasteiger partial charge in [0.05, 0.1) is 19.9 Å². The molecule has 30 heavy (non-hydrogen) atoms. The fourth-order valence-corrected chi connectivity index (χ4v) is 3.66. The van der Waals surface area contributed by atoms with Crippen molar-refractivity contribution in [3.63, 3.8) is 0 Å². The summed E-state index contributed by atoms with van der Waals surface area (Å²) in [5, 5.41) is 8.88. The Bertz CT molecular complexity index is 1250. The summed E-state index contributed by atoms with van der Waals surface area (Å²) in [4.78, 5) is 4.77. The molecule has 154 valence electrons. The van der Waals surface area contributed by atoms with Crippen molar-refractivity contribution in [2.75, 3.05) is 19.5 Å². The molecule has 4 aromatic rings. The van der Waals surface area contributed by atoms with E-state index in [1.807, 2.05) is 67.8 Å². The molecule has 2 aromatic heterocycles. The molecular formula is C23H23ClN4O2. The summed E-state index contributed by atoms with van der Waals surface area (Å²) in [7, 11) is 3.25. The summed E-state index contributed by atoms with van der Waals surface area (Å²) in [5.41, 5.74) is 6.34.